The van der Waals surface area contributed by atoms with Gasteiger partial charge in [0.25, 0.3) is 0 Å². The quantitative estimate of drug-likeness (QED) is 0.167. The number of terminal acetylenes is 1. The Morgan fingerprint density at radius 3 is 2.30 bits per heavy atom. The molecule has 0 saturated heterocycles. The van der Waals surface area contributed by atoms with Gasteiger partial charge in [0.1, 0.15) is 12.2 Å². The first-order valence-electron chi connectivity index (χ1n) is 7.51. The molecule has 6 heteroatoms. The van der Waals surface area contributed by atoms with Gasteiger partial charge in [-0.3, -0.25) is 0 Å². The minimum absolute atomic E-state index is 0.163. The van der Waals surface area contributed by atoms with Gasteiger partial charge in [-0.25, -0.2) is 4.79 Å². The molecule has 0 spiro atoms. The summed E-state index contributed by atoms with van der Waals surface area (Å²) >= 11 is 0. The molecule has 6 nitrogen and oxygen atoms in total. The zero-order chi connectivity index (χ0) is 17.3. The summed E-state index contributed by atoms with van der Waals surface area (Å²) in [4.78, 5) is 13.8. The van der Waals surface area contributed by atoms with Crippen LogP contribution < -0.4 is 0 Å². The van der Waals surface area contributed by atoms with Crippen molar-refractivity contribution in [1.29, 1.82) is 0 Å². The van der Waals surface area contributed by atoms with E-state index in [-0.39, 0.29) is 12.2 Å². The highest BCUT2D eigenvalue weighted by molar-refractivity contribution is 5.93. The second-order valence-electron chi connectivity index (χ2n) is 4.42. The van der Waals surface area contributed by atoms with Crippen LogP contribution in [0.5, 0.6) is 0 Å². The predicted molar refractivity (Wildman–Crippen MR) is 88.8 cm³/mol. The van der Waals surface area contributed by atoms with Crippen molar-refractivity contribution in [3.05, 3.63) is 23.9 Å². The lowest BCUT2D eigenvalue weighted by molar-refractivity contribution is -0.140. The Morgan fingerprint density at radius 1 is 1.13 bits per heavy atom. The third kappa shape index (κ3) is 11.4. The van der Waals surface area contributed by atoms with Gasteiger partial charge in [-0.2, -0.15) is 0 Å². The van der Waals surface area contributed by atoms with E-state index in [1.165, 1.54) is 0 Å². The number of methoxy groups -OCH3 is 2. The van der Waals surface area contributed by atoms with Gasteiger partial charge < -0.3 is 23.8 Å². The molecule has 23 heavy (non-hydrogen) atoms. The van der Waals surface area contributed by atoms with Crippen molar-refractivity contribution < 1.29 is 23.7 Å². The van der Waals surface area contributed by atoms with Gasteiger partial charge in [-0.15, -0.1) is 6.42 Å². The Balaban J connectivity index is 4.50. The van der Waals surface area contributed by atoms with Gasteiger partial charge in [-0.05, 0) is 25.3 Å². The molecule has 0 aromatic carbocycles. The Bertz CT molecular complexity index is 404. The van der Waals surface area contributed by atoms with E-state index >= 15 is 0 Å². The Hall–Kier alpha value is -1.81. The molecule has 0 aliphatic heterocycles. The minimum Gasteiger partial charge on any atom is -0.459 e. The molecule has 0 aromatic rings. The second-order valence-corrected chi connectivity index (χ2v) is 4.42. The molecule has 130 valence electrons. The van der Waals surface area contributed by atoms with Crippen molar-refractivity contribution >= 4 is 5.97 Å². The van der Waals surface area contributed by atoms with Gasteiger partial charge in [-0.1, -0.05) is 5.92 Å². The third-order valence-corrected chi connectivity index (χ3v) is 2.77. The molecule has 0 rings (SSSR count). The average Bonchev–Trinajstić information content (AvgIpc) is 2.57. The highest BCUT2D eigenvalue weighted by Gasteiger charge is 2.07. The van der Waals surface area contributed by atoms with Crippen LogP contribution in [0.1, 0.15) is 6.92 Å². The van der Waals surface area contributed by atoms with Crippen LogP contribution in [-0.2, 0) is 23.7 Å². The predicted octanol–water partition coefficient (Wildman–Crippen LogP) is 1.23. The fourth-order valence-electron chi connectivity index (χ4n) is 1.53. The van der Waals surface area contributed by atoms with Gasteiger partial charge >= 0.3 is 5.97 Å². The normalized spacial score (nSPS) is 11.5. The van der Waals surface area contributed by atoms with Crippen molar-refractivity contribution in [2.75, 3.05) is 60.3 Å². The van der Waals surface area contributed by atoms with Crippen molar-refractivity contribution in [3.8, 4) is 12.3 Å². The SMILES string of the molecule is C#CC(=CC=CN(CCOC)CCOC)C(=O)OCCOCC. The summed E-state index contributed by atoms with van der Waals surface area (Å²) in [6, 6.07) is 0. The summed E-state index contributed by atoms with van der Waals surface area (Å²) in [5, 5.41) is 0. The number of esters is 1. The second kappa shape index (κ2) is 15.1. The maximum absolute atomic E-state index is 11.8. The van der Waals surface area contributed by atoms with Crippen LogP contribution in [-0.4, -0.2) is 71.2 Å². The topological polar surface area (TPSA) is 57.2 Å². The summed E-state index contributed by atoms with van der Waals surface area (Å²) in [5.74, 6) is 1.80. The van der Waals surface area contributed by atoms with Gasteiger partial charge in [0.15, 0.2) is 0 Å². The number of carbonyl (C=O) groups excluding carboxylic acids is 1. The smallest absolute Gasteiger partial charge is 0.346 e. The first-order valence-corrected chi connectivity index (χ1v) is 7.51. The number of nitrogens with zero attached hydrogens (tertiary/aromatic N) is 1. The highest BCUT2D eigenvalue weighted by Crippen LogP contribution is 1.99. The maximum Gasteiger partial charge on any atom is 0.346 e. The van der Waals surface area contributed by atoms with E-state index < -0.39 is 5.97 Å². The van der Waals surface area contributed by atoms with Crippen molar-refractivity contribution in [2.24, 2.45) is 0 Å². The van der Waals surface area contributed by atoms with E-state index in [9.17, 15) is 4.79 Å². The van der Waals surface area contributed by atoms with Crippen LogP contribution in [0, 0.1) is 12.3 Å². The van der Waals surface area contributed by atoms with E-state index in [1.54, 1.807) is 26.4 Å². The number of rotatable bonds is 13. The van der Waals surface area contributed by atoms with Crippen LogP contribution in [0.3, 0.4) is 0 Å². The molecule has 0 atom stereocenters. The summed E-state index contributed by atoms with van der Waals surface area (Å²) in [6.07, 6.45) is 10.4. The first kappa shape index (κ1) is 21.2. The van der Waals surface area contributed by atoms with Crippen LogP contribution in [0.15, 0.2) is 23.9 Å². The summed E-state index contributed by atoms with van der Waals surface area (Å²) in [6.45, 7) is 5.62. The summed E-state index contributed by atoms with van der Waals surface area (Å²) in [7, 11) is 3.29. The number of allylic oxidation sites excluding steroid dienone is 2. The molecule has 0 aliphatic carbocycles. The zero-order valence-electron chi connectivity index (χ0n) is 14.2. The Morgan fingerprint density at radius 2 is 1.78 bits per heavy atom. The lowest BCUT2D eigenvalue weighted by atomic mass is 10.2. The number of carbonyl (C=O) groups is 1. The number of ether oxygens (including phenoxy) is 4. The fourth-order valence-corrected chi connectivity index (χ4v) is 1.53. The Labute approximate surface area is 139 Å². The van der Waals surface area contributed by atoms with E-state index in [0.717, 1.165) is 0 Å². The molecule has 0 saturated carbocycles. The molecule has 0 amide bonds. The lowest BCUT2D eigenvalue weighted by Crippen LogP contribution is -2.25. The summed E-state index contributed by atoms with van der Waals surface area (Å²) < 4.78 is 20.2. The summed E-state index contributed by atoms with van der Waals surface area (Å²) in [5.41, 5.74) is 0.163. The van der Waals surface area contributed by atoms with Gasteiger partial charge in [0.2, 0.25) is 0 Å². The van der Waals surface area contributed by atoms with Crippen LogP contribution in [0.4, 0.5) is 0 Å². The van der Waals surface area contributed by atoms with Crippen LogP contribution in [0.2, 0.25) is 0 Å². The molecular weight excluding hydrogens is 298 g/mol. The molecular formula is C17H27NO5. The van der Waals surface area contributed by atoms with Gasteiger partial charge in [0, 0.05) is 33.9 Å². The number of hydrogen-bond donors (Lipinski definition) is 0. The fraction of sp³-hybridized carbons (Fsp3) is 0.588. The molecule has 0 radical (unpaired) electrons. The monoisotopic (exact) mass is 325 g/mol. The molecule has 0 bridgehead atoms. The van der Waals surface area contributed by atoms with E-state index in [0.29, 0.717) is 39.5 Å². The van der Waals surface area contributed by atoms with E-state index in [2.05, 4.69) is 5.92 Å². The average molecular weight is 325 g/mol. The van der Waals surface area contributed by atoms with E-state index in [1.807, 2.05) is 18.0 Å². The van der Waals surface area contributed by atoms with Crippen LogP contribution >= 0.6 is 0 Å². The van der Waals surface area contributed by atoms with Gasteiger partial charge in [0.05, 0.1) is 19.8 Å². The molecule has 0 unspecified atom stereocenters. The Kier molecular flexibility index (Phi) is 13.9. The van der Waals surface area contributed by atoms with E-state index in [4.69, 9.17) is 25.4 Å². The largest absolute Gasteiger partial charge is 0.459 e. The van der Waals surface area contributed by atoms with Crippen molar-refractivity contribution in [2.45, 2.75) is 6.92 Å². The third-order valence-electron chi connectivity index (χ3n) is 2.77. The highest BCUT2D eigenvalue weighted by atomic mass is 16.6. The van der Waals surface area contributed by atoms with Crippen molar-refractivity contribution in [3.63, 3.8) is 0 Å². The zero-order valence-corrected chi connectivity index (χ0v) is 14.2. The molecule has 0 aromatic heterocycles. The molecule has 0 fully saturated rings. The molecule has 0 N–H and O–H groups in total. The standard InChI is InChI=1S/C17H27NO5/c1-5-16(17(19)23-15-14-22-6-2)8-7-9-18(10-12-20-3)11-13-21-4/h1,7-9H,6,10-15H2,2-4H3. The first-order chi connectivity index (χ1) is 11.2. The maximum atomic E-state index is 11.8. The molecule has 0 aliphatic rings. The van der Waals surface area contributed by atoms with Crippen molar-refractivity contribution in [1.82, 2.24) is 4.90 Å². The molecule has 0 heterocycles. The number of hydrogen-bond acceptors (Lipinski definition) is 6. The van der Waals surface area contributed by atoms with Crippen LogP contribution in [0.25, 0.3) is 0 Å². The lowest BCUT2D eigenvalue weighted by Gasteiger charge is -2.19. The minimum atomic E-state index is -0.530.